The molecule has 0 spiro atoms. The van der Waals surface area contributed by atoms with Crippen LogP contribution >= 0.6 is 0 Å². The zero-order chi connectivity index (χ0) is 10.1. The molecule has 2 nitrogen and oxygen atoms in total. The molecule has 1 aliphatic rings. The van der Waals surface area contributed by atoms with Crippen molar-refractivity contribution in [3.05, 3.63) is 0 Å². The fourth-order valence-electron chi connectivity index (χ4n) is 2.05. The Bertz CT molecular complexity index is 173. The highest BCUT2D eigenvalue weighted by Crippen LogP contribution is 2.53. The van der Waals surface area contributed by atoms with Crippen molar-refractivity contribution in [2.45, 2.75) is 46.6 Å². The van der Waals surface area contributed by atoms with Gasteiger partial charge >= 0.3 is 0 Å². The van der Waals surface area contributed by atoms with Crippen LogP contribution in [0.2, 0.25) is 0 Å². The normalized spacial score (nSPS) is 30.7. The summed E-state index contributed by atoms with van der Waals surface area (Å²) in [7, 11) is 1.67. The third-order valence-electron chi connectivity index (χ3n) is 3.97. The molecular formula is C11H22O2. The summed E-state index contributed by atoms with van der Waals surface area (Å²) in [5.41, 5.74) is 0.636. The van der Waals surface area contributed by atoms with Crippen LogP contribution in [0.15, 0.2) is 0 Å². The van der Waals surface area contributed by atoms with Gasteiger partial charge in [0, 0.05) is 7.11 Å². The van der Waals surface area contributed by atoms with Crippen LogP contribution in [0.3, 0.4) is 0 Å². The van der Waals surface area contributed by atoms with Gasteiger partial charge in [0.1, 0.15) is 6.79 Å². The summed E-state index contributed by atoms with van der Waals surface area (Å²) >= 11 is 0. The van der Waals surface area contributed by atoms with E-state index in [9.17, 15) is 0 Å². The molecule has 0 bridgehead atoms. The van der Waals surface area contributed by atoms with Crippen LogP contribution < -0.4 is 0 Å². The molecule has 0 aromatic heterocycles. The third kappa shape index (κ3) is 1.89. The number of ether oxygens (including phenoxy) is 2. The largest absolute Gasteiger partial charge is 0.359 e. The molecule has 1 rings (SSSR count). The van der Waals surface area contributed by atoms with Crippen LogP contribution in [0, 0.1) is 10.8 Å². The highest BCUT2D eigenvalue weighted by Gasteiger charge is 2.49. The first-order chi connectivity index (χ1) is 5.92. The van der Waals surface area contributed by atoms with Crippen molar-refractivity contribution < 1.29 is 9.47 Å². The Morgan fingerprint density at radius 3 is 2.23 bits per heavy atom. The molecule has 0 aromatic rings. The predicted octanol–water partition coefficient (Wildman–Crippen LogP) is 2.82. The van der Waals surface area contributed by atoms with Crippen LogP contribution in [-0.4, -0.2) is 20.0 Å². The molecule has 1 unspecified atom stereocenters. The average molecular weight is 186 g/mol. The van der Waals surface area contributed by atoms with Gasteiger partial charge in [-0.2, -0.15) is 0 Å². The molecule has 0 N–H and O–H groups in total. The second-order valence-electron chi connectivity index (χ2n) is 5.21. The average Bonchev–Trinajstić information content (AvgIpc) is 2.21. The minimum atomic E-state index is 0.255. The second-order valence-corrected chi connectivity index (χ2v) is 5.21. The maximum atomic E-state index is 5.68. The topological polar surface area (TPSA) is 18.5 Å². The van der Waals surface area contributed by atoms with Gasteiger partial charge in [-0.05, 0) is 23.7 Å². The van der Waals surface area contributed by atoms with E-state index in [0.29, 0.717) is 18.3 Å². The molecule has 1 aliphatic carbocycles. The minimum absolute atomic E-state index is 0.255. The zero-order valence-corrected chi connectivity index (χ0v) is 9.52. The standard InChI is InChI=1S/C11H22O2/c1-10(2)7-6-9(11(10,3)4)13-8-12-5/h9H,6-8H2,1-5H3. The lowest BCUT2D eigenvalue weighted by atomic mass is 9.70. The maximum absolute atomic E-state index is 5.68. The molecule has 0 radical (unpaired) electrons. The summed E-state index contributed by atoms with van der Waals surface area (Å²) < 4.78 is 10.6. The van der Waals surface area contributed by atoms with Gasteiger partial charge in [0.25, 0.3) is 0 Å². The highest BCUT2D eigenvalue weighted by molar-refractivity contribution is 4.98. The summed E-state index contributed by atoms with van der Waals surface area (Å²) in [5, 5.41) is 0. The van der Waals surface area contributed by atoms with Crippen molar-refractivity contribution in [3.63, 3.8) is 0 Å². The van der Waals surface area contributed by atoms with E-state index in [1.165, 1.54) is 6.42 Å². The van der Waals surface area contributed by atoms with Gasteiger partial charge in [-0.25, -0.2) is 0 Å². The Morgan fingerprint density at radius 2 is 1.85 bits per heavy atom. The molecule has 0 saturated heterocycles. The lowest BCUT2D eigenvalue weighted by molar-refractivity contribution is -0.114. The van der Waals surface area contributed by atoms with Gasteiger partial charge in [0.2, 0.25) is 0 Å². The number of hydrogen-bond donors (Lipinski definition) is 0. The first-order valence-electron chi connectivity index (χ1n) is 5.02. The Labute approximate surface area is 81.6 Å². The van der Waals surface area contributed by atoms with Crippen molar-refractivity contribution in [2.75, 3.05) is 13.9 Å². The zero-order valence-electron chi connectivity index (χ0n) is 9.52. The fraction of sp³-hybridized carbons (Fsp3) is 1.00. The van der Waals surface area contributed by atoms with Gasteiger partial charge in [-0.3, -0.25) is 0 Å². The molecule has 1 atom stereocenters. The number of methoxy groups -OCH3 is 1. The van der Waals surface area contributed by atoms with Crippen molar-refractivity contribution in [3.8, 4) is 0 Å². The second kappa shape index (κ2) is 3.58. The van der Waals surface area contributed by atoms with E-state index in [1.807, 2.05) is 0 Å². The number of rotatable bonds is 3. The highest BCUT2D eigenvalue weighted by atomic mass is 16.7. The van der Waals surface area contributed by atoms with Crippen molar-refractivity contribution in [2.24, 2.45) is 10.8 Å². The minimum Gasteiger partial charge on any atom is -0.359 e. The first kappa shape index (κ1) is 11.0. The van der Waals surface area contributed by atoms with E-state index in [4.69, 9.17) is 9.47 Å². The summed E-state index contributed by atoms with van der Waals surface area (Å²) in [6.45, 7) is 9.65. The van der Waals surface area contributed by atoms with E-state index < -0.39 is 0 Å². The first-order valence-corrected chi connectivity index (χ1v) is 5.02. The van der Waals surface area contributed by atoms with E-state index in [-0.39, 0.29) is 5.41 Å². The maximum Gasteiger partial charge on any atom is 0.146 e. The van der Waals surface area contributed by atoms with E-state index >= 15 is 0 Å². The van der Waals surface area contributed by atoms with E-state index in [0.717, 1.165) is 6.42 Å². The predicted molar refractivity (Wildman–Crippen MR) is 53.5 cm³/mol. The van der Waals surface area contributed by atoms with Crippen LogP contribution in [0.25, 0.3) is 0 Å². The van der Waals surface area contributed by atoms with Crippen LogP contribution in [-0.2, 0) is 9.47 Å². The molecule has 1 saturated carbocycles. The molecule has 0 heterocycles. The quantitative estimate of drug-likeness (QED) is 0.631. The monoisotopic (exact) mass is 186 g/mol. The Hall–Kier alpha value is -0.0800. The van der Waals surface area contributed by atoms with Gasteiger partial charge in [-0.1, -0.05) is 27.7 Å². The smallest absolute Gasteiger partial charge is 0.146 e. The van der Waals surface area contributed by atoms with E-state index in [2.05, 4.69) is 27.7 Å². The Kier molecular flexibility index (Phi) is 3.03. The molecule has 0 aliphatic heterocycles. The molecule has 78 valence electrons. The van der Waals surface area contributed by atoms with Gasteiger partial charge in [0.05, 0.1) is 6.10 Å². The molecule has 1 fully saturated rings. The third-order valence-corrected chi connectivity index (χ3v) is 3.97. The Morgan fingerprint density at radius 1 is 1.23 bits per heavy atom. The molecule has 2 heteroatoms. The SMILES string of the molecule is COCOC1CCC(C)(C)C1(C)C. The molecule has 13 heavy (non-hydrogen) atoms. The van der Waals surface area contributed by atoms with Gasteiger partial charge in [-0.15, -0.1) is 0 Å². The molecule has 0 aromatic carbocycles. The summed E-state index contributed by atoms with van der Waals surface area (Å²) in [6.07, 6.45) is 2.75. The van der Waals surface area contributed by atoms with Crippen LogP contribution in [0.1, 0.15) is 40.5 Å². The summed E-state index contributed by atoms with van der Waals surface area (Å²) in [5.74, 6) is 0. The lowest BCUT2D eigenvalue weighted by Crippen LogP contribution is -2.36. The van der Waals surface area contributed by atoms with Crippen LogP contribution in [0.5, 0.6) is 0 Å². The van der Waals surface area contributed by atoms with Crippen LogP contribution in [0.4, 0.5) is 0 Å². The molecule has 0 amide bonds. The van der Waals surface area contributed by atoms with E-state index in [1.54, 1.807) is 7.11 Å². The number of hydrogen-bond acceptors (Lipinski definition) is 2. The lowest BCUT2D eigenvalue weighted by Gasteiger charge is -2.38. The van der Waals surface area contributed by atoms with Crippen molar-refractivity contribution >= 4 is 0 Å². The van der Waals surface area contributed by atoms with Crippen molar-refractivity contribution in [1.29, 1.82) is 0 Å². The Balaban J connectivity index is 2.60. The van der Waals surface area contributed by atoms with Gasteiger partial charge in [0.15, 0.2) is 0 Å². The fourth-order valence-corrected chi connectivity index (χ4v) is 2.05. The molecular weight excluding hydrogens is 164 g/mol. The van der Waals surface area contributed by atoms with Gasteiger partial charge < -0.3 is 9.47 Å². The summed E-state index contributed by atoms with van der Waals surface area (Å²) in [6, 6.07) is 0. The van der Waals surface area contributed by atoms with Crippen molar-refractivity contribution in [1.82, 2.24) is 0 Å². The summed E-state index contributed by atoms with van der Waals surface area (Å²) in [4.78, 5) is 0.